The lowest BCUT2D eigenvalue weighted by Gasteiger charge is -2.23. The third-order valence-electron chi connectivity index (χ3n) is 5.83. The van der Waals surface area contributed by atoms with E-state index in [1.165, 1.54) is 16.2 Å². The molecular weight excluding hydrogens is 496 g/mol. The van der Waals surface area contributed by atoms with Gasteiger partial charge in [0.2, 0.25) is 0 Å². The highest BCUT2D eigenvalue weighted by Crippen LogP contribution is 2.44. The molecule has 0 radical (unpaired) electrons. The molecule has 1 aliphatic rings. The number of rotatable bonds is 5. The first-order valence-corrected chi connectivity index (χ1v) is 12.6. The quantitative estimate of drug-likeness (QED) is 0.181. The van der Waals surface area contributed by atoms with E-state index in [1.807, 2.05) is 45.0 Å². The maximum atomic E-state index is 13.4. The largest absolute Gasteiger partial charge is 0.507 e. The Bertz CT molecular complexity index is 1540. The van der Waals surface area contributed by atoms with Crippen LogP contribution in [0.4, 0.5) is 5.13 Å². The van der Waals surface area contributed by atoms with Gasteiger partial charge in [-0.05, 0) is 56.7 Å². The number of benzene rings is 3. The molecular formula is C28H23ClN2O4S. The zero-order valence-electron chi connectivity index (χ0n) is 19.9. The van der Waals surface area contributed by atoms with Gasteiger partial charge in [-0.15, -0.1) is 0 Å². The van der Waals surface area contributed by atoms with E-state index in [-0.39, 0.29) is 17.4 Å². The van der Waals surface area contributed by atoms with Crippen molar-refractivity contribution in [1.29, 1.82) is 0 Å². The predicted octanol–water partition coefficient (Wildman–Crippen LogP) is 6.67. The number of carbonyl (C=O) groups is 2. The molecule has 8 heteroatoms. The van der Waals surface area contributed by atoms with Crippen LogP contribution in [-0.4, -0.2) is 27.9 Å². The van der Waals surface area contributed by atoms with Gasteiger partial charge >= 0.3 is 5.91 Å². The number of hydrogen-bond acceptors (Lipinski definition) is 6. The van der Waals surface area contributed by atoms with Gasteiger partial charge in [0.15, 0.2) is 5.13 Å². The molecule has 182 valence electrons. The first-order valence-electron chi connectivity index (χ1n) is 11.4. The molecule has 0 aliphatic carbocycles. The van der Waals surface area contributed by atoms with Crippen LogP contribution in [-0.2, 0) is 9.59 Å². The maximum Gasteiger partial charge on any atom is 0.301 e. The van der Waals surface area contributed by atoms with E-state index in [0.717, 1.165) is 10.3 Å². The number of hydrogen-bond donors (Lipinski definition) is 1. The molecule has 0 bridgehead atoms. The molecule has 1 aromatic heterocycles. The number of Topliss-reactive ketones (excluding diaryl/α,β-unsaturated/α-hetero) is 1. The summed E-state index contributed by atoms with van der Waals surface area (Å²) in [6, 6.07) is 18.8. The number of anilines is 1. The van der Waals surface area contributed by atoms with Gasteiger partial charge in [0.1, 0.15) is 11.5 Å². The molecule has 0 saturated carbocycles. The van der Waals surface area contributed by atoms with Crippen molar-refractivity contribution in [2.45, 2.75) is 32.9 Å². The van der Waals surface area contributed by atoms with E-state index >= 15 is 0 Å². The number of aliphatic hydroxyl groups is 1. The smallest absolute Gasteiger partial charge is 0.301 e. The van der Waals surface area contributed by atoms with Gasteiger partial charge in [-0.25, -0.2) is 4.98 Å². The van der Waals surface area contributed by atoms with Gasteiger partial charge < -0.3 is 9.84 Å². The normalized spacial score (nSPS) is 17.4. The minimum Gasteiger partial charge on any atom is -0.507 e. The highest BCUT2D eigenvalue weighted by atomic mass is 35.5. The predicted molar refractivity (Wildman–Crippen MR) is 143 cm³/mol. The van der Waals surface area contributed by atoms with Crippen LogP contribution in [0.1, 0.15) is 36.6 Å². The van der Waals surface area contributed by atoms with Crippen LogP contribution < -0.4 is 9.64 Å². The summed E-state index contributed by atoms with van der Waals surface area (Å²) in [5.41, 5.74) is 2.72. The minimum atomic E-state index is -0.851. The second kappa shape index (κ2) is 9.41. The summed E-state index contributed by atoms with van der Waals surface area (Å²) in [5.74, 6) is -1.23. The molecule has 1 N–H and O–H groups in total. The third-order valence-corrected chi connectivity index (χ3v) is 7.08. The van der Waals surface area contributed by atoms with Gasteiger partial charge in [0.25, 0.3) is 5.78 Å². The van der Waals surface area contributed by atoms with Crippen LogP contribution in [0.15, 0.2) is 72.3 Å². The SMILES string of the molecule is Cc1cccc(C2/C(=C(\O)c3cccc(OC(C)C)c3)C(=O)C(=O)N2c2nc3ccc(Cl)cc3s2)c1. The highest BCUT2D eigenvalue weighted by Gasteiger charge is 2.48. The number of thiazole rings is 1. The van der Waals surface area contributed by atoms with E-state index in [2.05, 4.69) is 4.98 Å². The maximum absolute atomic E-state index is 13.4. The Morgan fingerprint density at radius 2 is 1.86 bits per heavy atom. The van der Waals surface area contributed by atoms with Crippen molar-refractivity contribution in [3.05, 3.63) is 94.0 Å². The molecule has 1 aliphatic heterocycles. The zero-order chi connectivity index (χ0) is 25.6. The summed E-state index contributed by atoms with van der Waals surface area (Å²) in [6.45, 7) is 5.74. The summed E-state index contributed by atoms with van der Waals surface area (Å²) in [6.07, 6.45) is -0.0622. The number of carbonyl (C=O) groups excluding carboxylic acids is 2. The topological polar surface area (TPSA) is 79.7 Å². The van der Waals surface area contributed by atoms with Crippen molar-refractivity contribution in [1.82, 2.24) is 4.98 Å². The first kappa shape index (κ1) is 24.0. The summed E-state index contributed by atoms with van der Waals surface area (Å²) in [4.78, 5) is 32.8. The number of aromatic nitrogens is 1. The summed E-state index contributed by atoms with van der Waals surface area (Å²) >= 11 is 7.42. The fourth-order valence-electron chi connectivity index (χ4n) is 4.32. The molecule has 6 nitrogen and oxygen atoms in total. The number of aryl methyl sites for hydroxylation is 1. The average Bonchev–Trinajstić information content (AvgIpc) is 3.36. The van der Waals surface area contributed by atoms with E-state index in [4.69, 9.17) is 16.3 Å². The molecule has 1 saturated heterocycles. The number of ketones is 1. The van der Waals surface area contributed by atoms with Crippen molar-refractivity contribution < 1.29 is 19.4 Å². The van der Waals surface area contributed by atoms with Gasteiger partial charge in [-0.1, -0.05) is 64.9 Å². The van der Waals surface area contributed by atoms with Crippen LogP contribution in [0.25, 0.3) is 16.0 Å². The molecule has 36 heavy (non-hydrogen) atoms. The van der Waals surface area contributed by atoms with E-state index < -0.39 is 17.7 Å². The van der Waals surface area contributed by atoms with Gasteiger partial charge in [-0.3, -0.25) is 14.5 Å². The average molecular weight is 519 g/mol. The van der Waals surface area contributed by atoms with Crippen molar-refractivity contribution in [2.75, 3.05) is 4.90 Å². The van der Waals surface area contributed by atoms with E-state index in [9.17, 15) is 14.7 Å². The summed E-state index contributed by atoms with van der Waals surface area (Å²) in [7, 11) is 0. The zero-order valence-corrected chi connectivity index (χ0v) is 21.4. The number of halogens is 1. The standard InChI is InChI=1S/C28H23ClN2O4S/c1-15(2)35-20-9-5-8-18(13-20)25(32)23-24(17-7-4-6-16(3)12-17)31(27(34)26(23)33)28-30-21-11-10-19(29)14-22(21)36-28/h4-15,24,32H,1-3H3/b25-23+. The molecule has 1 amide bonds. The Morgan fingerprint density at radius 3 is 2.61 bits per heavy atom. The van der Waals surface area contributed by atoms with Crippen LogP contribution in [0.3, 0.4) is 0 Å². The summed E-state index contributed by atoms with van der Waals surface area (Å²) < 4.78 is 6.55. The Hall–Kier alpha value is -3.68. The van der Waals surface area contributed by atoms with Gasteiger partial charge in [0, 0.05) is 10.6 Å². The van der Waals surface area contributed by atoms with Gasteiger partial charge in [0.05, 0.1) is 27.9 Å². The second-order valence-electron chi connectivity index (χ2n) is 8.89. The molecule has 2 heterocycles. The molecule has 4 aromatic rings. The fraction of sp³-hybridized carbons (Fsp3) is 0.179. The van der Waals surface area contributed by atoms with Crippen LogP contribution in [0.5, 0.6) is 5.75 Å². The monoisotopic (exact) mass is 518 g/mol. The number of aliphatic hydroxyl groups excluding tert-OH is 1. The Kier molecular flexibility index (Phi) is 6.28. The number of nitrogens with zero attached hydrogens (tertiary/aromatic N) is 2. The van der Waals surface area contributed by atoms with Crippen molar-refractivity contribution in [3.63, 3.8) is 0 Å². The lowest BCUT2D eigenvalue weighted by atomic mass is 9.94. The lowest BCUT2D eigenvalue weighted by molar-refractivity contribution is -0.132. The minimum absolute atomic E-state index is 0.00425. The molecule has 0 spiro atoms. The Morgan fingerprint density at radius 1 is 1.08 bits per heavy atom. The number of fused-ring (bicyclic) bond motifs is 1. The van der Waals surface area contributed by atoms with E-state index in [0.29, 0.717) is 32.5 Å². The third kappa shape index (κ3) is 4.36. The van der Waals surface area contributed by atoms with Gasteiger partial charge in [-0.2, -0.15) is 0 Å². The Labute approximate surface area is 217 Å². The number of amides is 1. The Balaban J connectivity index is 1.70. The van der Waals surface area contributed by atoms with Crippen LogP contribution in [0.2, 0.25) is 5.02 Å². The van der Waals surface area contributed by atoms with Crippen molar-refractivity contribution >= 4 is 55.7 Å². The second-order valence-corrected chi connectivity index (χ2v) is 10.3. The first-order chi connectivity index (χ1) is 17.2. The van der Waals surface area contributed by atoms with Crippen molar-refractivity contribution in [2.24, 2.45) is 0 Å². The molecule has 5 rings (SSSR count). The molecule has 1 atom stereocenters. The summed E-state index contributed by atoms with van der Waals surface area (Å²) in [5, 5.41) is 12.3. The number of ether oxygens (including phenoxy) is 1. The molecule has 3 aromatic carbocycles. The molecule has 1 fully saturated rings. The van der Waals surface area contributed by atoms with Crippen LogP contribution in [0, 0.1) is 6.92 Å². The highest BCUT2D eigenvalue weighted by molar-refractivity contribution is 7.22. The molecule has 1 unspecified atom stereocenters. The van der Waals surface area contributed by atoms with Crippen LogP contribution >= 0.6 is 22.9 Å². The lowest BCUT2D eigenvalue weighted by Crippen LogP contribution is -2.29. The van der Waals surface area contributed by atoms with Crippen molar-refractivity contribution in [3.8, 4) is 5.75 Å². The fourth-order valence-corrected chi connectivity index (χ4v) is 5.59. The van der Waals surface area contributed by atoms with E-state index in [1.54, 1.807) is 42.5 Å².